The maximum Gasteiger partial charge on any atom is 0.264 e. The summed E-state index contributed by atoms with van der Waals surface area (Å²) in [4.78, 5) is 17.7. The van der Waals surface area contributed by atoms with E-state index in [4.69, 9.17) is 4.74 Å². The van der Waals surface area contributed by atoms with Crippen molar-refractivity contribution in [2.45, 2.75) is 24.8 Å². The predicted molar refractivity (Wildman–Crippen MR) is 152 cm³/mol. The minimum atomic E-state index is -4.08. The van der Waals surface area contributed by atoms with E-state index in [-0.39, 0.29) is 22.7 Å². The van der Waals surface area contributed by atoms with Gasteiger partial charge in [-0.1, -0.05) is 67.6 Å². The quantitative estimate of drug-likeness (QED) is 0.229. The van der Waals surface area contributed by atoms with Gasteiger partial charge in [0, 0.05) is 18.1 Å². The van der Waals surface area contributed by atoms with Crippen LogP contribution in [0.15, 0.2) is 114 Å². The summed E-state index contributed by atoms with van der Waals surface area (Å²) in [6.07, 6.45) is 2.40. The summed E-state index contributed by atoms with van der Waals surface area (Å²) in [6, 6.07) is 30.3. The zero-order valence-corrected chi connectivity index (χ0v) is 22.1. The minimum Gasteiger partial charge on any atom is -0.457 e. The van der Waals surface area contributed by atoms with Crippen molar-refractivity contribution in [3.63, 3.8) is 0 Å². The number of nitrogens with zero attached hydrogens (tertiary/aromatic N) is 1. The van der Waals surface area contributed by atoms with Crippen LogP contribution in [0.4, 0.5) is 5.69 Å². The number of fused-ring (bicyclic) bond motifs is 1. The largest absolute Gasteiger partial charge is 0.457 e. The van der Waals surface area contributed by atoms with Crippen LogP contribution in [-0.4, -0.2) is 19.3 Å². The molecule has 0 radical (unpaired) electrons. The number of anilines is 1. The number of amides is 1. The summed E-state index contributed by atoms with van der Waals surface area (Å²) in [5.41, 5.74) is 2.63. The predicted octanol–water partition coefficient (Wildman–Crippen LogP) is 6.32. The molecule has 4 aromatic carbocycles. The van der Waals surface area contributed by atoms with Crippen molar-refractivity contribution in [3.8, 4) is 11.5 Å². The van der Waals surface area contributed by atoms with E-state index in [1.54, 1.807) is 36.5 Å². The van der Waals surface area contributed by atoms with Gasteiger partial charge in [-0.15, -0.1) is 0 Å². The average molecular weight is 538 g/mol. The first-order valence-corrected chi connectivity index (χ1v) is 14.0. The van der Waals surface area contributed by atoms with Crippen LogP contribution in [0.3, 0.4) is 0 Å². The second-order valence-electron chi connectivity index (χ2n) is 8.92. The van der Waals surface area contributed by atoms with Crippen LogP contribution in [0.5, 0.6) is 11.5 Å². The Hall–Kier alpha value is -4.69. The molecule has 0 spiro atoms. The fraction of sp³-hybridized carbons (Fsp3) is 0.0968. The van der Waals surface area contributed by atoms with Crippen molar-refractivity contribution in [2.24, 2.45) is 0 Å². The third kappa shape index (κ3) is 6.08. The summed E-state index contributed by atoms with van der Waals surface area (Å²) in [7, 11) is -4.08. The Kier molecular flexibility index (Phi) is 7.56. The number of hydrogen-bond donors (Lipinski definition) is 2. The Labute approximate surface area is 227 Å². The maximum absolute atomic E-state index is 13.5. The molecule has 0 aliphatic rings. The van der Waals surface area contributed by atoms with E-state index in [0.717, 1.165) is 17.5 Å². The smallest absolute Gasteiger partial charge is 0.264 e. The highest BCUT2D eigenvalue weighted by Crippen LogP contribution is 2.30. The van der Waals surface area contributed by atoms with E-state index in [2.05, 4.69) is 21.9 Å². The topological polar surface area (TPSA) is 97.4 Å². The molecule has 0 saturated carbocycles. The normalized spacial score (nSPS) is 11.2. The van der Waals surface area contributed by atoms with Crippen molar-refractivity contribution in [2.75, 3.05) is 4.72 Å². The highest BCUT2D eigenvalue weighted by molar-refractivity contribution is 7.93. The molecule has 8 heteroatoms. The molecule has 0 atom stereocenters. The summed E-state index contributed by atoms with van der Waals surface area (Å²) in [5, 5.41) is 3.57. The second kappa shape index (κ2) is 11.4. The summed E-state index contributed by atoms with van der Waals surface area (Å²) in [5.74, 6) is 0.586. The second-order valence-corrected chi connectivity index (χ2v) is 10.6. The number of para-hydroxylation sites is 1. The van der Waals surface area contributed by atoms with Crippen LogP contribution in [-0.2, 0) is 23.0 Å². The molecule has 1 heterocycles. The van der Waals surface area contributed by atoms with Crippen molar-refractivity contribution >= 4 is 32.5 Å². The van der Waals surface area contributed by atoms with Gasteiger partial charge in [0.15, 0.2) is 0 Å². The molecule has 0 bridgehead atoms. The van der Waals surface area contributed by atoms with E-state index in [1.165, 1.54) is 18.2 Å². The molecular weight excluding hydrogens is 510 g/mol. The van der Waals surface area contributed by atoms with E-state index < -0.39 is 15.9 Å². The molecule has 7 nitrogen and oxygen atoms in total. The van der Waals surface area contributed by atoms with Crippen molar-refractivity contribution in [1.29, 1.82) is 0 Å². The highest BCUT2D eigenvalue weighted by Gasteiger charge is 2.22. The minimum absolute atomic E-state index is 0.0213. The molecule has 39 heavy (non-hydrogen) atoms. The lowest BCUT2D eigenvalue weighted by Gasteiger charge is -2.16. The van der Waals surface area contributed by atoms with E-state index >= 15 is 0 Å². The number of sulfonamides is 1. The summed E-state index contributed by atoms with van der Waals surface area (Å²) >= 11 is 0. The number of benzene rings is 4. The number of carbonyl (C=O) groups excluding carboxylic acids is 1. The number of rotatable bonds is 9. The SMILES string of the molecule is CCc1cccc(Oc2ccc(NS(=O)(=O)c3cccc4cccnc34)c(C(=O)NCc3ccccc3)c2)c1. The van der Waals surface area contributed by atoms with Crippen LogP contribution in [0, 0.1) is 0 Å². The van der Waals surface area contributed by atoms with Crippen molar-refractivity contribution in [3.05, 3.63) is 126 Å². The number of hydrogen-bond acceptors (Lipinski definition) is 5. The molecule has 5 rings (SSSR count). The molecule has 5 aromatic rings. The number of carbonyl (C=O) groups is 1. The molecule has 2 N–H and O–H groups in total. The molecule has 0 aliphatic heterocycles. The Bertz CT molecular complexity index is 1730. The number of ether oxygens (including phenoxy) is 1. The Morgan fingerprint density at radius 3 is 2.38 bits per heavy atom. The number of aromatic nitrogens is 1. The first-order chi connectivity index (χ1) is 18.9. The van der Waals surface area contributed by atoms with Crippen LogP contribution in [0.2, 0.25) is 0 Å². The van der Waals surface area contributed by atoms with Gasteiger partial charge < -0.3 is 10.1 Å². The van der Waals surface area contributed by atoms with Crippen LogP contribution >= 0.6 is 0 Å². The Morgan fingerprint density at radius 2 is 1.56 bits per heavy atom. The lowest BCUT2D eigenvalue weighted by atomic mass is 10.1. The van der Waals surface area contributed by atoms with Gasteiger partial charge in [-0.3, -0.25) is 14.5 Å². The average Bonchev–Trinajstić information content (AvgIpc) is 2.97. The summed E-state index contributed by atoms with van der Waals surface area (Å²) < 4.78 is 35.6. The standard InChI is InChI=1S/C31H27N3O4S/c1-2-22-11-6-14-25(19-22)38-26-16-17-28(27(20-26)31(35)33-21-23-9-4-3-5-10-23)34-39(36,37)29-15-7-12-24-13-8-18-32-30(24)29/h3-20,34H,2,21H2,1H3,(H,33,35). The van der Waals surface area contributed by atoms with Crippen LogP contribution < -0.4 is 14.8 Å². The fourth-order valence-corrected chi connectivity index (χ4v) is 5.46. The van der Waals surface area contributed by atoms with Gasteiger partial charge in [-0.05, 0) is 60.0 Å². The van der Waals surface area contributed by atoms with Gasteiger partial charge in [-0.2, -0.15) is 0 Å². The number of nitrogens with one attached hydrogen (secondary N) is 2. The molecule has 196 valence electrons. The molecule has 0 aliphatic carbocycles. The van der Waals surface area contributed by atoms with Gasteiger partial charge in [0.25, 0.3) is 15.9 Å². The van der Waals surface area contributed by atoms with Crippen LogP contribution in [0.25, 0.3) is 10.9 Å². The third-order valence-electron chi connectivity index (χ3n) is 6.20. The summed E-state index contributed by atoms with van der Waals surface area (Å²) in [6.45, 7) is 2.34. The van der Waals surface area contributed by atoms with Gasteiger partial charge in [-0.25, -0.2) is 8.42 Å². The molecular formula is C31H27N3O4S. The van der Waals surface area contributed by atoms with E-state index in [9.17, 15) is 13.2 Å². The first kappa shape index (κ1) is 25.9. The monoisotopic (exact) mass is 537 g/mol. The Morgan fingerprint density at radius 1 is 0.821 bits per heavy atom. The zero-order chi connectivity index (χ0) is 27.2. The third-order valence-corrected chi connectivity index (χ3v) is 7.60. The fourth-order valence-electron chi connectivity index (χ4n) is 4.19. The van der Waals surface area contributed by atoms with Crippen LogP contribution in [0.1, 0.15) is 28.4 Å². The lowest BCUT2D eigenvalue weighted by Crippen LogP contribution is -2.25. The molecule has 0 fully saturated rings. The van der Waals surface area contributed by atoms with E-state index in [1.807, 2.05) is 54.6 Å². The Balaban J connectivity index is 1.49. The number of pyridine rings is 1. The maximum atomic E-state index is 13.5. The molecule has 0 unspecified atom stereocenters. The molecule has 1 amide bonds. The highest BCUT2D eigenvalue weighted by atomic mass is 32.2. The first-order valence-electron chi connectivity index (χ1n) is 12.5. The van der Waals surface area contributed by atoms with Gasteiger partial charge in [0.05, 0.1) is 16.8 Å². The molecule has 0 saturated heterocycles. The number of aryl methyl sites for hydroxylation is 1. The van der Waals surface area contributed by atoms with Crippen molar-refractivity contribution in [1.82, 2.24) is 10.3 Å². The van der Waals surface area contributed by atoms with Gasteiger partial charge >= 0.3 is 0 Å². The zero-order valence-electron chi connectivity index (χ0n) is 21.3. The van der Waals surface area contributed by atoms with Crippen molar-refractivity contribution < 1.29 is 17.9 Å². The lowest BCUT2D eigenvalue weighted by molar-refractivity contribution is 0.0951. The van der Waals surface area contributed by atoms with Gasteiger partial charge in [0.2, 0.25) is 0 Å². The van der Waals surface area contributed by atoms with E-state index in [0.29, 0.717) is 22.4 Å². The van der Waals surface area contributed by atoms with Gasteiger partial charge in [0.1, 0.15) is 16.4 Å². The molecule has 1 aromatic heterocycles.